The van der Waals surface area contributed by atoms with Gasteiger partial charge in [-0.1, -0.05) is 30.3 Å². The Morgan fingerprint density at radius 3 is 1.65 bits per heavy atom. The van der Waals surface area contributed by atoms with E-state index in [1.807, 2.05) is 0 Å². The van der Waals surface area contributed by atoms with Crippen molar-refractivity contribution in [2.24, 2.45) is 0 Å². The molecule has 3 aromatic heterocycles. The van der Waals surface area contributed by atoms with E-state index < -0.39 is 13.3 Å². The summed E-state index contributed by atoms with van der Waals surface area (Å²) in [7, 11) is 0. The van der Waals surface area contributed by atoms with Gasteiger partial charge in [-0.25, -0.2) is 0 Å². The second kappa shape index (κ2) is 14.1. The first-order valence-corrected chi connectivity index (χ1v) is 25.8. The molecular weight excluding hydrogens is 825 g/mol. The van der Waals surface area contributed by atoms with E-state index in [4.69, 9.17) is 9.97 Å². The molecule has 5 heteroatoms. The molecule has 63 heavy (non-hydrogen) atoms. The Balaban J connectivity index is 1.13. The van der Waals surface area contributed by atoms with Crippen LogP contribution in [0, 0.1) is 0 Å². The molecule has 0 unspecified atom stereocenters. The van der Waals surface area contributed by atoms with E-state index in [0.717, 1.165) is 50.7 Å². The molecule has 0 saturated carbocycles. The summed E-state index contributed by atoms with van der Waals surface area (Å²) in [5.41, 5.74) is 12.3. The van der Waals surface area contributed by atoms with Crippen LogP contribution in [0.4, 0.5) is 0 Å². The molecule has 9 aromatic carbocycles. The number of nitrogens with zero attached hydrogens (tertiary/aromatic N) is 4. The van der Waals surface area contributed by atoms with Gasteiger partial charge in [-0.05, 0) is 0 Å². The van der Waals surface area contributed by atoms with Crippen molar-refractivity contribution in [2.45, 2.75) is 0 Å². The van der Waals surface area contributed by atoms with Crippen LogP contribution < -0.4 is 17.6 Å². The van der Waals surface area contributed by atoms with Gasteiger partial charge in [-0.2, -0.15) is 0 Å². The molecule has 0 saturated heterocycles. The van der Waals surface area contributed by atoms with E-state index in [1.54, 1.807) is 0 Å². The van der Waals surface area contributed by atoms with Crippen molar-refractivity contribution in [2.75, 3.05) is 0 Å². The van der Waals surface area contributed by atoms with Crippen LogP contribution in [0.1, 0.15) is 0 Å². The van der Waals surface area contributed by atoms with Crippen molar-refractivity contribution in [1.29, 1.82) is 0 Å². The maximum atomic E-state index is 5.69. The zero-order valence-electron chi connectivity index (χ0n) is 34.2. The van der Waals surface area contributed by atoms with Gasteiger partial charge in [0.05, 0.1) is 0 Å². The van der Waals surface area contributed by atoms with E-state index in [0.29, 0.717) is 0 Å². The summed E-state index contributed by atoms with van der Waals surface area (Å²) < 4.78 is 10.3. The van der Waals surface area contributed by atoms with Crippen LogP contribution >= 0.6 is 0 Å². The zero-order valence-corrected chi connectivity index (χ0v) is 36.3. The molecule has 0 bridgehead atoms. The number of hydrogen-bond donors (Lipinski definition) is 0. The Kier molecular flexibility index (Phi) is 8.05. The molecule has 294 valence electrons. The normalized spacial score (nSPS) is 12.9. The third kappa shape index (κ3) is 5.22. The van der Waals surface area contributed by atoms with E-state index in [9.17, 15) is 0 Å². The van der Waals surface area contributed by atoms with Crippen LogP contribution in [0.2, 0.25) is 0 Å². The van der Waals surface area contributed by atoms with Crippen molar-refractivity contribution >= 4 is 74.5 Å². The number of aromatic nitrogens is 4. The van der Waals surface area contributed by atoms with Gasteiger partial charge < -0.3 is 0 Å². The van der Waals surface area contributed by atoms with Gasteiger partial charge in [0.15, 0.2) is 0 Å². The van der Waals surface area contributed by atoms with Gasteiger partial charge in [0, 0.05) is 0 Å². The summed E-state index contributed by atoms with van der Waals surface area (Å²) in [6, 6.07) is 84.1. The molecule has 0 spiro atoms. The van der Waals surface area contributed by atoms with Gasteiger partial charge in [0.25, 0.3) is 0 Å². The van der Waals surface area contributed by atoms with Crippen LogP contribution in [0.25, 0.3) is 88.9 Å². The molecular formula is C58H38GeN4. The predicted molar refractivity (Wildman–Crippen MR) is 264 cm³/mol. The van der Waals surface area contributed by atoms with Gasteiger partial charge in [0.1, 0.15) is 0 Å². The number of rotatable bonds is 6. The fourth-order valence-electron chi connectivity index (χ4n) is 10.7. The van der Waals surface area contributed by atoms with E-state index in [-0.39, 0.29) is 0 Å². The standard InChI is InChI=1S/C58H38GeN4/c1-5-20-39(21-6-1)58-60-55(54-56(61-58)47-31-13-16-33-49(47)59(54,41-23-7-2-8-24-41)42-25-9-3-10-26-42)40-22-19-29-44(38-40)62-51-35-18-15-32-48(51)53-52(62)37-36-46-45-30-14-17-34-50(45)63(57(46)53)43-27-11-4-12-28-43/h1-38H. The van der Waals surface area contributed by atoms with Crippen molar-refractivity contribution in [3.63, 3.8) is 0 Å². The Morgan fingerprint density at radius 2 is 0.921 bits per heavy atom. The van der Waals surface area contributed by atoms with Crippen LogP contribution in [-0.4, -0.2) is 32.4 Å². The second-order valence-corrected chi connectivity index (χ2v) is 24.2. The quantitative estimate of drug-likeness (QED) is 0.156. The number of hydrogen-bond acceptors (Lipinski definition) is 2. The third-order valence-electron chi connectivity index (χ3n) is 13.2. The molecule has 1 aliphatic heterocycles. The van der Waals surface area contributed by atoms with Crippen LogP contribution in [0.3, 0.4) is 0 Å². The first-order chi connectivity index (χ1) is 31.3. The average Bonchev–Trinajstić information content (AvgIpc) is 3.99. The summed E-state index contributed by atoms with van der Waals surface area (Å²) >= 11 is -3.77. The third-order valence-corrected chi connectivity index (χ3v) is 23.4. The molecule has 0 aliphatic carbocycles. The Morgan fingerprint density at radius 1 is 0.365 bits per heavy atom. The molecule has 12 aromatic rings. The van der Waals surface area contributed by atoms with Gasteiger partial charge >= 0.3 is 339 Å². The van der Waals surface area contributed by atoms with Crippen molar-refractivity contribution in [3.05, 3.63) is 231 Å². The number of para-hydroxylation sites is 3. The molecule has 4 nitrogen and oxygen atoms in total. The summed E-state index contributed by atoms with van der Waals surface area (Å²) in [4.78, 5) is 11.3. The van der Waals surface area contributed by atoms with Crippen LogP contribution in [-0.2, 0) is 0 Å². The van der Waals surface area contributed by atoms with Crippen molar-refractivity contribution < 1.29 is 0 Å². The van der Waals surface area contributed by atoms with Gasteiger partial charge in [-0.15, -0.1) is 0 Å². The zero-order chi connectivity index (χ0) is 41.5. The average molecular weight is 864 g/mol. The molecule has 0 radical (unpaired) electrons. The van der Waals surface area contributed by atoms with E-state index in [1.165, 1.54) is 55.7 Å². The van der Waals surface area contributed by atoms with Gasteiger partial charge in [0.2, 0.25) is 0 Å². The summed E-state index contributed by atoms with van der Waals surface area (Å²) in [5.74, 6) is 0.733. The Hall–Kier alpha value is -7.80. The topological polar surface area (TPSA) is 35.6 Å². The maximum absolute atomic E-state index is 5.69. The first-order valence-electron chi connectivity index (χ1n) is 21.6. The minimum atomic E-state index is -3.77. The molecule has 0 N–H and O–H groups in total. The van der Waals surface area contributed by atoms with E-state index >= 15 is 0 Å². The van der Waals surface area contributed by atoms with Crippen LogP contribution in [0.5, 0.6) is 0 Å². The second-order valence-electron chi connectivity index (χ2n) is 16.5. The predicted octanol–water partition coefficient (Wildman–Crippen LogP) is 11.4. The summed E-state index contributed by atoms with van der Waals surface area (Å²) in [6.07, 6.45) is 0. The first kappa shape index (κ1) is 35.9. The minimum absolute atomic E-state index is 0.733. The fraction of sp³-hybridized carbons (Fsp3) is 0. The number of benzene rings is 9. The SMILES string of the molecule is c1ccc(-c2nc(-c3cccc(-n4c5ccccc5c5c4ccc4c6ccccc6n(-c6ccccc6)c45)c3)[c]3c(n2)-c2cccc[c]2[Ge]3([c]2ccccc2)[c]2ccccc2)cc1. The van der Waals surface area contributed by atoms with Gasteiger partial charge in [-0.3, -0.25) is 0 Å². The Labute approximate surface area is 367 Å². The van der Waals surface area contributed by atoms with E-state index in [2.05, 4.69) is 240 Å². The van der Waals surface area contributed by atoms with Crippen molar-refractivity contribution in [3.8, 4) is 45.3 Å². The molecule has 0 fully saturated rings. The van der Waals surface area contributed by atoms with Crippen LogP contribution in [0.15, 0.2) is 231 Å². The summed E-state index contributed by atoms with van der Waals surface area (Å²) in [6.45, 7) is 0. The van der Waals surface area contributed by atoms with Crippen molar-refractivity contribution in [1.82, 2.24) is 19.1 Å². The molecule has 4 heterocycles. The molecule has 0 atom stereocenters. The molecule has 1 aliphatic rings. The fourth-order valence-corrected chi connectivity index (χ4v) is 21.6. The summed E-state index contributed by atoms with van der Waals surface area (Å²) in [5, 5.41) is 4.94. The molecule has 13 rings (SSSR count). The number of fused-ring (bicyclic) bond motifs is 10. The monoisotopic (exact) mass is 864 g/mol. The molecule has 0 amide bonds. The Bertz CT molecular complexity index is 3690.